The lowest BCUT2D eigenvalue weighted by atomic mass is 10.1. The lowest BCUT2D eigenvalue weighted by Crippen LogP contribution is -2.46. The molecule has 8 nitrogen and oxygen atoms in total. The van der Waals surface area contributed by atoms with E-state index in [-0.39, 0.29) is 31.1 Å². The molecular formula is C24H31N3O5S. The van der Waals surface area contributed by atoms with Crippen molar-refractivity contribution in [2.24, 2.45) is 0 Å². The summed E-state index contributed by atoms with van der Waals surface area (Å²) in [5.41, 5.74) is 1.68. The maximum Gasteiger partial charge on any atom is 0.341 e. The van der Waals surface area contributed by atoms with Crippen LogP contribution in [0.25, 0.3) is 0 Å². The number of carbonyl (C=O) groups is 3. The van der Waals surface area contributed by atoms with Crippen LogP contribution in [0.1, 0.15) is 38.1 Å². The number of Topliss-reactive ketones (excluding diaryl/α,β-unsaturated/α-hetero) is 1. The SMILES string of the molecule is CCOC(=O)c1c(NC(=O)COc2ccccc2C)sc(C(=O)CN2CCN(C)CC2)c1C. The number of ketones is 1. The second-order valence-corrected chi connectivity index (χ2v) is 9.11. The molecule has 2 heterocycles. The van der Waals surface area contributed by atoms with Crippen molar-refractivity contribution in [3.63, 3.8) is 0 Å². The second-order valence-electron chi connectivity index (χ2n) is 8.09. The van der Waals surface area contributed by atoms with Crippen LogP contribution in [0, 0.1) is 13.8 Å². The summed E-state index contributed by atoms with van der Waals surface area (Å²) >= 11 is 1.12. The Balaban J connectivity index is 1.75. The van der Waals surface area contributed by atoms with Gasteiger partial charge in [0.15, 0.2) is 12.4 Å². The molecule has 0 saturated carbocycles. The van der Waals surface area contributed by atoms with Crippen LogP contribution in [0.2, 0.25) is 0 Å². The number of hydrogen-bond donors (Lipinski definition) is 1. The van der Waals surface area contributed by atoms with Crippen LogP contribution in [0.5, 0.6) is 5.75 Å². The molecular weight excluding hydrogens is 442 g/mol. The molecule has 1 aliphatic rings. The molecule has 178 valence electrons. The Morgan fingerprint density at radius 3 is 2.45 bits per heavy atom. The van der Waals surface area contributed by atoms with Gasteiger partial charge in [-0.25, -0.2) is 4.79 Å². The zero-order chi connectivity index (χ0) is 24.0. The van der Waals surface area contributed by atoms with E-state index in [0.29, 0.717) is 21.2 Å². The molecule has 1 fully saturated rings. The molecule has 0 radical (unpaired) electrons. The topological polar surface area (TPSA) is 88.2 Å². The highest BCUT2D eigenvalue weighted by atomic mass is 32.1. The van der Waals surface area contributed by atoms with Gasteiger partial charge in [-0.1, -0.05) is 18.2 Å². The number of nitrogens with one attached hydrogen (secondary N) is 1. The van der Waals surface area contributed by atoms with Gasteiger partial charge >= 0.3 is 5.97 Å². The molecule has 3 rings (SSSR count). The molecule has 0 bridgehead atoms. The highest BCUT2D eigenvalue weighted by Gasteiger charge is 2.28. The number of para-hydroxylation sites is 1. The number of nitrogens with zero attached hydrogens (tertiary/aromatic N) is 2. The van der Waals surface area contributed by atoms with Crippen LogP contribution in [0.3, 0.4) is 0 Å². The van der Waals surface area contributed by atoms with Gasteiger partial charge in [0.1, 0.15) is 10.8 Å². The van der Waals surface area contributed by atoms with E-state index in [2.05, 4.69) is 22.2 Å². The summed E-state index contributed by atoms with van der Waals surface area (Å²) in [6.45, 7) is 9.05. The number of anilines is 1. The Hall–Kier alpha value is -2.75. The molecule has 0 atom stereocenters. The number of ether oxygens (including phenoxy) is 2. The Morgan fingerprint density at radius 1 is 1.09 bits per heavy atom. The van der Waals surface area contributed by atoms with Crippen molar-refractivity contribution in [2.75, 3.05) is 58.3 Å². The third-order valence-corrected chi connectivity index (χ3v) is 6.80. The van der Waals surface area contributed by atoms with Gasteiger partial charge in [-0.2, -0.15) is 0 Å². The van der Waals surface area contributed by atoms with Crippen LogP contribution in [0.4, 0.5) is 5.00 Å². The standard InChI is InChI=1S/C24H31N3O5S/c1-5-31-24(30)21-17(3)22(18(28)14-27-12-10-26(4)11-13-27)33-23(21)25-20(29)15-32-19-9-7-6-8-16(19)2/h6-9H,5,10-15H2,1-4H3,(H,25,29). The fourth-order valence-electron chi connectivity index (χ4n) is 3.62. The molecule has 0 unspecified atom stereocenters. The molecule has 0 spiro atoms. The molecule has 1 aromatic heterocycles. The lowest BCUT2D eigenvalue weighted by molar-refractivity contribution is -0.118. The van der Waals surface area contributed by atoms with Crippen LogP contribution in [-0.2, 0) is 9.53 Å². The van der Waals surface area contributed by atoms with Gasteiger partial charge in [-0.3, -0.25) is 14.5 Å². The van der Waals surface area contributed by atoms with Gasteiger partial charge in [0, 0.05) is 26.2 Å². The first-order valence-corrected chi connectivity index (χ1v) is 11.8. The Kier molecular flexibility index (Phi) is 8.60. The molecule has 9 heteroatoms. The maximum atomic E-state index is 13.1. The molecule has 1 amide bonds. The Bertz CT molecular complexity index is 1010. The second kappa shape index (κ2) is 11.4. The first kappa shape index (κ1) is 24.9. The van der Waals surface area contributed by atoms with Crippen molar-refractivity contribution in [3.8, 4) is 5.75 Å². The fraction of sp³-hybridized carbons (Fsp3) is 0.458. The van der Waals surface area contributed by atoms with Gasteiger partial charge in [0.25, 0.3) is 5.91 Å². The van der Waals surface area contributed by atoms with Gasteiger partial charge < -0.3 is 19.7 Å². The summed E-state index contributed by atoms with van der Waals surface area (Å²) in [6, 6.07) is 7.41. The van der Waals surface area contributed by atoms with E-state index in [1.54, 1.807) is 19.9 Å². The molecule has 33 heavy (non-hydrogen) atoms. The van der Waals surface area contributed by atoms with E-state index in [0.717, 1.165) is 43.1 Å². The maximum absolute atomic E-state index is 13.1. The predicted octanol–water partition coefficient (Wildman–Crippen LogP) is 2.99. The highest BCUT2D eigenvalue weighted by molar-refractivity contribution is 7.18. The van der Waals surface area contributed by atoms with Crippen LogP contribution < -0.4 is 10.1 Å². The van der Waals surface area contributed by atoms with Crippen molar-refractivity contribution < 1.29 is 23.9 Å². The summed E-state index contributed by atoms with van der Waals surface area (Å²) < 4.78 is 10.8. The number of rotatable bonds is 9. The number of piperazine rings is 1. The highest BCUT2D eigenvalue weighted by Crippen LogP contribution is 2.34. The largest absolute Gasteiger partial charge is 0.483 e. The number of carbonyl (C=O) groups excluding carboxylic acids is 3. The number of esters is 1. The summed E-state index contributed by atoms with van der Waals surface area (Å²) in [4.78, 5) is 43.1. The van der Waals surface area contributed by atoms with Gasteiger partial charge in [0.2, 0.25) is 0 Å². The van der Waals surface area contributed by atoms with E-state index in [1.807, 2.05) is 25.1 Å². The van der Waals surface area contributed by atoms with E-state index < -0.39 is 11.9 Å². The van der Waals surface area contributed by atoms with Crippen LogP contribution >= 0.6 is 11.3 Å². The number of aryl methyl sites for hydroxylation is 1. The number of thiophene rings is 1. The van der Waals surface area contributed by atoms with Crippen molar-refractivity contribution in [2.45, 2.75) is 20.8 Å². The average molecular weight is 474 g/mol. The van der Waals surface area contributed by atoms with Crippen molar-refractivity contribution in [1.29, 1.82) is 0 Å². The molecule has 1 aliphatic heterocycles. The predicted molar refractivity (Wildman–Crippen MR) is 129 cm³/mol. The Labute approximate surface area is 198 Å². The zero-order valence-corrected chi connectivity index (χ0v) is 20.4. The van der Waals surface area contributed by atoms with Gasteiger partial charge in [-0.05, 0) is 45.0 Å². The normalized spacial score (nSPS) is 14.7. The summed E-state index contributed by atoms with van der Waals surface area (Å²) in [5.74, 6) is -0.420. The Morgan fingerprint density at radius 2 is 1.79 bits per heavy atom. The van der Waals surface area contributed by atoms with Crippen LogP contribution in [0.15, 0.2) is 24.3 Å². The summed E-state index contributed by atoms with van der Waals surface area (Å²) in [7, 11) is 2.06. The lowest BCUT2D eigenvalue weighted by Gasteiger charge is -2.31. The molecule has 1 aromatic carbocycles. The smallest absolute Gasteiger partial charge is 0.341 e. The van der Waals surface area contributed by atoms with Crippen molar-refractivity contribution >= 4 is 34.0 Å². The van der Waals surface area contributed by atoms with Gasteiger partial charge in [0.05, 0.1) is 23.6 Å². The average Bonchev–Trinajstić information content (AvgIpc) is 3.10. The molecule has 1 N–H and O–H groups in total. The zero-order valence-electron chi connectivity index (χ0n) is 19.6. The minimum absolute atomic E-state index is 0.0655. The van der Waals surface area contributed by atoms with Gasteiger partial charge in [-0.15, -0.1) is 11.3 Å². The van der Waals surface area contributed by atoms with E-state index in [1.165, 1.54) is 0 Å². The molecule has 2 aromatic rings. The molecule has 1 saturated heterocycles. The quantitative estimate of drug-likeness (QED) is 0.442. The van der Waals surface area contributed by atoms with E-state index in [9.17, 15) is 14.4 Å². The fourth-order valence-corrected chi connectivity index (χ4v) is 4.76. The van der Waals surface area contributed by atoms with E-state index in [4.69, 9.17) is 9.47 Å². The summed E-state index contributed by atoms with van der Waals surface area (Å²) in [6.07, 6.45) is 0. The van der Waals surface area contributed by atoms with Crippen molar-refractivity contribution in [1.82, 2.24) is 9.80 Å². The third-order valence-electron chi connectivity index (χ3n) is 5.55. The first-order chi connectivity index (χ1) is 15.8. The number of amides is 1. The number of benzene rings is 1. The third kappa shape index (κ3) is 6.40. The van der Waals surface area contributed by atoms with Crippen LogP contribution in [-0.4, -0.2) is 80.4 Å². The molecule has 0 aliphatic carbocycles. The monoisotopic (exact) mass is 473 g/mol. The number of hydrogen-bond acceptors (Lipinski definition) is 8. The van der Waals surface area contributed by atoms with Crippen molar-refractivity contribution in [3.05, 3.63) is 45.8 Å². The minimum Gasteiger partial charge on any atom is -0.483 e. The number of likely N-dealkylation sites (N-methyl/N-ethyl adjacent to an activating group) is 1. The van der Waals surface area contributed by atoms with E-state index >= 15 is 0 Å². The first-order valence-electron chi connectivity index (χ1n) is 11.0. The summed E-state index contributed by atoms with van der Waals surface area (Å²) in [5, 5.41) is 3.06. The minimum atomic E-state index is -0.556.